The van der Waals surface area contributed by atoms with Crippen LogP contribution in [0.4, 0.5) is 26.9 Å². The van der Waals surface area contributed by atoms with Crippen molar-refractivity contribution in [3.8, 4) is 0 Å². The average Bonchev–Trinajstić information content (AvgIpc) is 1.33. The number of halogens is 1. The minimum Gasteiger partial charge on any atom is -0.391 e. The summed E-state index contributed by atoms with van der Waals surface area (Å²) in [7, 11) is -22.3. The molecule has 0 saturated carbocycles. The maximum Gasteiger partial charge on any atom is 0.325 e. The number of nitrogens with two attached hydrogens (primary N) is 1. The van der Waals surface area contributed by atoms with Crippen molar-refractivity contribution in [2.24, 2.45) is 17.8 Å². The highest BCUT2D eigenvalue weighted by Crippen LogP contribution is 2.35. The number of nitrogen functional groups attached to an aromatic ring is 1. The molecule has 0 spiro atoms. The Bertz CT molecular complexity index is 4790. The molecule has 3 aliphatic rings. The van der Waals surface area contributed by atoms with E-state index in [1.54, 1.807) is 52.5 Å². The predicted octanol–water partition coefficient (Wildman–Crippen LogP) is 4.51. The van der Waals surface area contributed by atoms with E-state index in [-0.39, 0.29) is 136 Å². The number of hydrogen-bond donors (Lipinski definition) is 5. The second-order valence-corrected chi connectivity index (χ2v) is 45.2. The molecule has 47 heteroatoms. The van der Waals surface area contributed by atoms with Gasteiger partial charge in [0, 0.05) is 170 Å². The Labute approximate surface area is 661 Å². The third-order valence-corrected chi connectivity index (χ3v) is 30.8. The van der Waals surface area contributed by atoms with Gasteiger partial charge in [0.2, 0.25) is 47.3 Å². The van der Waals surface area contributed by atoms with Crippen LogP contribution in [-0.2, 0) is 76.9 Å². The van der Waals surface area contributed by atoms with Crippen molar-refractivity contribution in [2.75, 3.05) is 132 Å². The highest BCUT2D eigenvalue weighted by molar-refractivity contribution is 7.92. The van der Waals surface area contributed by atoms with Gasteiger partial charge in [-0.1, -0.05) is 41.5 Å². The first-order valence-electron chi connectivity index (χ1n) is 34.3. The molecule has 110 heavy (non-hydrogen) atoms. The van der Waals surface area contributed by atoms with Crippen molar-refractivity contribution in [3.05, 3.63) is 116 Å². The van der Waals surface area contributed by atoms with E-state index in [4.69, 9.17) is 17.3 Å². The second kappa shape index (κ2) is 37.6. The third kappa shape index (κ3) is 26.3. The molecule has 3 saturated heterocycles. The lowest BCUT2D eigenvalue weighted by molar-refractivity contribution is -0.380. The molecular weight excluding hydrogens is 1640 g/mol. The summed E-state index contributed by atoms with van der Waals surface area (Å²) in [6, 6.07) is 6.27. The van der Waals surface area contributed by atoms with E-state index in [1.807, 2.05) is 46.4 Å². The van der Waals surface area contributed by atoms with E-state index < -0.39 is 98.9 Å². The maximum atomic E-state index is 13.3. The Hall–Kier alpha value is -5.87. The summed E-state index contributed by atoms with van der Waals surface area (Å²) >= 11 is 7.64. The van der Waals surface area contributed by atoms with Crippen LogP contribution in [0.25, 0.3) is 0 Å². The lowest BCUT2D eigenvalue weighted by atomic mass is 10.0. The summed E-state index contributed by atoms with van der Waals surface area (Å²) in [5, 5.41) is 55.0. The number of nitrogens with zero attached hydrogens (tertiary/aromatic N) is 16. The number of rotatable bonds is 28. The van der Waals surface area contributed by atoms with E-state index in [9.17, 15) is 86.1 Å². The molecule has 0 amide bonds. The number of nitro groups is 2. The van der Waals surface area contributed by atoms with Crippen LogP contribution in [0.2, 0.25) is 5.28 Å². The number of aliphatic hydroxyl groups is 3. The first-order chi connectivity index (χ1) is 50.5. The molecule has 9 rings (SSSR count). The number of anilines is 3. The zero-order chi connectivity index (χ0) is 82.8. The summed E-state index contributed by atoms with van der Waals surface area (Å²) in [6.45, 7) is 23.7. The fourth-order valence-electron chi connectivity index (χ4n) is 11.2. The smallest absolute Gasteiger partial charge is 0.325 e. The van der Waals surface area contributed by atoms with Crippen molar-refractivity contribution in [2.45, 2.75) is 131 Å². The molecular formula is C63H99ClN18O19S9. The van der Waals surface area contributed by atoms with Gasteiger partial charge in [0.1, 0.15) is 12.6 Å². The molecule has 0 aromatic carbocycles. The van der Waals surface area contributed by atoms with Crippen molar-refractivity contribution in [3.63, 3.8) is 0 Å². The van der Waals surface area contributed by atoms with Crippen molar-refractivity contribution in [1.82, 2.24) is 61.1 Å². The van der Waals surface area contributed by atoms with E-state index in [0.717, 1.165) is 36.2 Å². The molecule has 3 aliphatic heterocycles. The zero-order valence-electron chi connectivity index (χ0n) is 63.7. The van der Waals surface area contributed by atoms with Crippen LogP contribution >= 0.6 is 45.6 Å². The molecule has 37 nitrogen and oxygen atoms in total. The Morgan fingerprint density at radius 3 is 1.10 bits per heavy atom. The number of hydrogen-bond acceptors (Lipinski definition) is 32. The molecule has 6 aromatic heterocycles. The van der Waals surface area contributed by atoms with Gasteiger partial charge in [-0.25, -0.2) is 84.7 Å². The van der Waals surface area contributed by atoms with Crippen molar-refractivity contribution < 1.29 is 75.7 Å². The number of nitrogens with one attached hydrogen (secondary N) is 1. The Morgan fingerprint density at radius 2 is 0.809 bits per heavy atom. The highest BCUT2D eigenvalue weighted by atomic mass is 35.5. The van der Waals surface area contributed by atoms with E-state index in [1.165, 1.54) is 87.3 Å². The lowest BCUT2D eigenvalue weighted by Gasteiger charge is -2.42. The quantitative estimate of drug-likeness (QED) is 0.0256. The van der Waals surface area contributed by atoms with Crippen LogP contribution in [0.1, 0.15) is 99.8 Å². The molecule has 9 heterocycles. The van der Waals surface area contributed by atoms with Gasteiger partial charge >= 0.3 is 10.0 Å². The number of aromatic nitrogens is 6. The monoisotopic (exact) mass is 1730 g/mol. The number of thiophene rings is 3. The Morgan fingerprint density at radius 1 is 0.500 bits per heavy atom. The third-order valence-electron chi connectivity index (χ3n) is 16.9. The molecule has 6 aromatic rings. The molecule has 3 atom stereocenters. The van der Waals surface area contributed by atoms with Crippen molar-refractivity contribution in [1.29, 1.82) is 0 Å². The summed E-state index contributed by atoms with van der Waals surface area (Å²) in [6.07, 6.45) is 12.4. The predicted molar refractivity (Wildman–Crippen MR) is 422 cm³/mol. The van der Waals surface area contributed by atoms with E-state index >= 15 is 0 Å². The van der Waals surface area contributed by atoms with Crippen LogP contribution in [0.15, 0.2) is 86.2 Å². The largest absolute Gasteiger partial charge is 0.391 e. The summed E-state index contributed by atoms with van der Waals surface area (Å²) < 4.78 is 161. The SMILES string of the molecule is CC(C)(O)c1cnc(Cl)nc1.CC(C)CN(C[C@H]1CN(S(=O)(=O)c2ccc(N)s2)CCN1c1ncc(C(C)(C)O)cn1)S(C)(=O)=O.CC(C)CN(C[C@H]1CN(S(=O)(=O)c2ccc([N+](=O)[O-])s2)CCN1)S(C)(=O)=O.CC(C)CN(C[C@H]1CN(S(=O)(=O)c2ccc([N+](=O)[O-])s2)CCN1c1ncc(C(C)(C)O)cn1)S(C)(=O)=O. The van der Waals surface area contributed by atoms with Crippen LogP contribution in [0, 0.1) is 38.0 Å². The molecule has 6 N–H and O–H groups in total. The van der Waals surface area contributed by atoms with Crippen molar-refractivity contribution >= 4 is 133 Å². The number of piperazine rings is 3. The van der Waals surface area contributed by atoms with Crippen LogP contribution in [0.3, 0.4) is 0 Å². The Kier molecular flexibility index (Phi) is 31.8. The van der Waals surface area contributed by atoms with Gasteiger partial charge in [0.25, 0.3) is 30.1 Å². The zero-order valence-corrected chi connectivity index (χ0v) is 71.8. The standard InChI is InChI=1S/C21H32N6O7S3.C21H34N6O5S3.C14H24N4O6S3.C7H9ClN2O/c1-15(2)12-25(36(5,31)32)14-17-13-24(37(33,34)19-7-6-18(35-19)27(29)30)8-9-26(17)20-22-10-16(11-23-20)21(3,4)28;1-15(2)12-26(34(5,29)30)14-17-13-25(35(31,32)19-7-6-18(22)33-19)8-9-27(17)20-23-10-16(11-24-20)21(3,4)28;1-11(2)8-17(26(3,21)22)10-12-9-16(7-6-15-12)27(23,24)14-5-4-13(25-14)18(19)20;1-7(2,11)5-3-9-6(8)10-4-5/h6-7,10-11,15,17,28H,8-9,12-14H2,1-5H3;6-7,10-11,15,17,28H,8-9,12-14,22H2,1-5H3;4-5,11-12,15H,6-10H2,1-3H3;3-4,11H,1-2H3/t2*17-;12-;/m111./s1. The van der Waals surface area contributed by atoms with Gasteiger partial charge < -0.3 is 36.2 Å². The molecule has 0 aliphatic carbocycles. The normalized spacial score (nSPS) is 18.0. The molecule has 3 fully saturated rings. The van der Waals surface area contributed by atoms with Crippen LogP contribution < -0.4 is 20.9 Å². The molecule has 0 radical (unpaired) electrons. The maximum absolute atomic E-state index is 13.3. The number of sulfonamides is 6. The second-order valence-electron chi connectivity index (χ2n) is 29.2. The molecule has 616 valence electrons. The topological polar surface area (TPSA) is 493 Å². The van der Waals surface area contributed by atoms with Gasteiger partial charge in [-0.15, -0.1) is 11.3 Å². The Balaban J connectivity index is 0.000000242. The average molecular weight is 1740 g/mol. The van der Waals surface area contributed by atoms with Crippen LogP contribution in [-0.4, -0.2) is 266 Å². The summed E-state index contributed by atoms with van der Waals surface area (Å²) in [5.74, 6) is 0.867. The molecule has 0 unspecified atom stereocenters. The van der Waals surface area contributed by atoms with Gasteiger partial charge in [0.15, 0.2) is 0 Å². The van der Waals surface area contributed by atoms with E-state index in [0.29, 0.717) is 69.9 Å². The highest BCUT2D eigenvalue weighted by Gasteiger charge is 2.42. The minimum absolute atomic E-state index is 0.00970. The molecule has 0 bridgehead atoms. The lowest BCUT2D eigenvalue weighted by Crippen LogP contribution is -2.59. The van der Waals surface area contributed by atoms with Crippen LogP contribution in [0.5, 0.6) is 0 Å². The summed E-state index contributed by atoms with van der Waals surface area (Å²) in [4.78, 5) is 49.2. The first-order valence-corrected chi connectivity index (χ1v) is 47.0. The minimum atomic E-state index is -4.05. The van der Waals surface area contributed by atoms with E-state index in [2.05, 4.69) is 35.2 Å². The van der Waals surface area contributed by atoms with Gasteiger partial charge in [-0.3, -0.25) is 20.2 Å². The fourth-order valence-corrected chi connectivity index (χ4v) is 22.5. The van der Waals surface area contributed by atoms with Gasteiger partial charge in [0.05, 0.1) is 62.5 Å². The van der Waals surface area contributed by atoms with Gasteiger partial charge in [-0.2, -0.15) is 21.5 Å². The van der Waals surface area contributed by atoms with Gasteiger partial charge in [-0.05, 0) is 118 Å². The summed E-state index contributed by atoms with van der Waals surface area (Å²) in [5.41, 5.74) is 4.27. The fraction of sp³-hybridized carbons (Fsp3) is 0.619. The first kappa shape index (κ1) is 93.0.